The number of amides is 2. The Hall–Kier alpha value is -1.84. The molecule has 0 heterocycles. The maximum Gasteiger partial charge on any atom is 0.251 e. The number of halogens is 3. The van der Waals surface area contributed by atoms with Crippen molar-refractivity contribution in [2.75, 3.05) is 18.4 Å². The van der Waals surface area contributed by atoms with E-state index in [0.29, 0.717) is 11.3 Å². The third kappa shape index (κ3) is 6.08. The lowest BCUT2D eigenvalue weighted by Gasteiger charge is -2.10. The highest BCUT2D eigenvalue weighted by Crippen LogP contribution is 2.31. The van der Waals surface area contributed by atoms with E-state index in [1.54, 1.807) is 24.3 Å². The molecule has 0 aliphatic rings. The molecule has 0 radical (unpaired) electrons. The van der Waals surface area contributed by atoms with Gasteiger partial charge in [-0.3, -0.25) is 9.59 Å². The first-order valence-electron chi connectivity index (χ1n) is 7.90. The van der Waals surface area contributed by atoms with Crippen LogP contribution in [0.1, 0.15) is 17.3 Å². The number of sulfonamides is 1. The average molecular weight is 465 g/mol. The molecule has 0 saturated carbocycles. The van der Waals surface area contributed by atoms with Crippen LogP contribution in [0.3, 0.4) is 0 Å². The second-order valence-corrected chi connectivity index (χ2v) is 8.57. The fraction of sp³-hybridized carbons (Fsp3) is 0.176. The van der Waals surface area contributed by atoms with Gasteiger partial charge in [0, 0.05) is 31.3 Å². The van der Waals surface area contributed by atoms with Gasteiger partial charge in [0.1, 0.15) is 4.90 Å². The first-order chi connectivity index (χ1) is 13.1. The van der Waals surface area contributed by atoms with Gasteiger partial charge in [0.25, 0.3) is 5.91 Å². The van der Waals surface area contributed by atoms with Crippen molar-refractivity contribution in [2.24, 2.45) is 0 Å². The Bertz CT molecular complexity index is 995. The van der Waals surface area contributed by atoms with Crippen molar-refractivity contribution in [3.63, 3.8) is 0 Å². The van der Waals surface area contributed by atoms with E-state index in [1.165, 1.54) is 13.0 Å². The Morgan fingerprint density at radius 2 is 1.54 bits per heavy atom. The molecule has 2 rings (SSSR count). The SMILES string of the molecule is CC(=O)Nc1ccc(C(=O)NCCNS(=O)(=O)c2cc(Cl)c(Cl)cc2Cl)cc1. The first kappa shape index (κ1) is 22.4. The second kappa shape index (κ2) is 9.58. The molecule has 28 heavy (non-hydrogen) atoms. The highest BCUT2D eigenvalue weighted by molar-refractivity contribution is 7.89. The zero-order chi connectivity index (χ0) is 20.9. The molecule has 2 amide bonds. The maximum absolute atomic E-state index is 12.3. The normalized spacial score (nSPS) is 11.1. The second-order valence-electron chi connectivity index (χ2n) is 5.61. The molecule has 0 spiro atoms. The fourth-order valence-electron chi connectivity index (χ4n) is 2.16. The molecule has 150 valence electrons. The topological polar surface area (TPSA) is 104 Å². The molecule has 0 aromatic heterocycles. The summed E-state index contributed by atoms with van der Waals surface area (Å²) in [7, 11) is -3.93. The van der Waals surface area contributed by atoms with Crippen LogP contribution in [-0.2, 0) is 14.8 Å². The minimum Gasteiger partial charge on any atom is -0.351 e. The Morgan fingerprint density at radius 3 is 2.14 bits per heavy atom. The van der Waals surface area contributed by atoms with Gasteiger partial charge >= 0.3 is 0 Å². The van der Waals surface area contributed by atoms with Gasteiger partial charge in [0.15, 0.2) is 0 Å². The van der Waals surface area contributed by atoms with E-state index in [1.807, 2.05) is 0 Å². The minimum absolute atomic E-state index is 0.0461. The molecule has 0 saturated heterocycles. The summed E-state index contributed by atoms with van der Waals surface area (Å²) >= 11 is 17.5. The number of nitrogens with one attached hydrogen (secondary N) is 3. The molecular formula is C17H16Cl3N3O4S. The molecule has 0 bridgehead atoms. The van der Waals surface area contributed by atoms with Crippen LogP contribution in [0.4, 0.5) is 5.69 Å². The number of benzene rings is 2. The quantitative estimate of drug-likeness (QED) is 0.432. The van der Waals surface area contributed by atoms with Crippen LogP contribution in [0.2, 0.25) is 15.1 Å². The van der Waals surface area contributed by atoms with E-state index in [9.17, 15) is 18.0 Å². The van der Waals surface area contributed by atoms with E-state index >= 15 is 0 Å². The van der Waals surface area contributed by atoms with Crippen molar-refractivity contribution in [1.82, 2.24) is 10.0 Å². The number of hydrogen-bond acceptors (Lipinski definition) is 4. The van der Waals surface area contributed by atoms with Crippen LogP contribution in [0.15, 0.2) is 41.3 Å². The molecular weight excluding hydrogens is 449 g/mol. The van der Waals surface area contributed by atoms with Crippen LogP contribution in [-0.4, -0.2) is 33.3 Å². The van der Waals surface area contributed by atoms with Gasteiger partial charge in [0.2, 0.25) is 15.9 Å². The number of carbonyl (C=O) groups is 2. The molecule has 2 aromatic rings. The monoisotopic (exact) mass is 463 g/mol. The molecule has 0 aliphatic heterocycles. The summed E-state index contributed by atoms with van der Waals surface area (Å²) < 4.78 is 26.9. The molecule has 0 unspecified atom stereocenters. The molecule has 7 nitrogen and oxygen atoms in total. The van der Waals surface area contributed by atoms with Crippen LogP contribution in [0.25, 0.3) is 0 Å². The van der Waals surface area contributed by atoms with E-state index in [2.05, 4.69) is 15.4 Å². The van der Waals surface area contributed by atoms with Crippen LogP contribution in [0, 0.1) is 0 Å². The number of anilines is 1. The highest BCUT2D eigenvalue weighted by Gasteiger charge is 2.19. The number of carbonyl (C=O) groups excluding carboxylic acids is 2. The molecule has 0 fully saturated rings. The third-order valence-corrected chi connectivity index (χ3v) is 6.08. The molecule has 2 aromatic carbocycles. The Kier molecular flexibility index (Phi) is 7.68. The number of rotatable bonds is 7. The smallest absolute Gasteiger partial charge is 0.251 e. The summed E-state index contributed by atoms with van der Waals surface area (Å²) in [4.78, 5) is 22.9. The van der Waals surface area contributed by atoms with Gasteiger partial charge in [-0.15, -0.1) is 0 Å². The average Bonchev–Trinajstić information content (AvgIpc) is 2.61. The number of hydrogen-bond donors (Lipinski definition) is 3. The Balaban J connectivity index is 1.90. The van der Waals surface area contributed by atoms with Gasteiger partial charge in [-0.05, 0) is 36.4 Å². The largest absolute Gasteiger partial charge is 0.351 e. The predicted octanol–water partition coefficient (Wildman–Crippen LogP) is 3.31. The van der Waals surface area contributed by atoms with Crippen LogP contribution >= 0.6 is 34.8 Å². The van der Waals surface area contributed by atoms with Crippen molar-refractivity contribution >= 4 is 62.3 Å². The Morgan fingerprint density at radius 1 is 0.929 bits per heavy atom. The van der Waals surface area contributed by atoms with Crippen molar-refractivity contribution in [2.45, 2.75) is 11.8 Å². The zero-order valence-electron chi connectivity index (χ0n) is 14.6. The standard InChI is InChI=1S/C17H16Cl3N3O4S/c1-10(24)23-12-4-2-11(3-5-12)17(25)21-6-7-22-28(26,27)16-9-14(19)13(18)8-15(16)20/h2-5,8-9,22H,6-7H2,1H3,(H,21,25)(H,23,24). The van der Waals surface area contributed by atoms with Gasteiger partial charge in [-0.1, -0.05) is 34.8 Å². The van der Waals surface area contributed by atoms with Crippen molar-refractivity contribution in [1.29, 1.82) is 0 Å². The van der Waals surface area contributed by atoms with E-state index in [4.69, 9.17) is 34.8 Å². The minimum atomic E-state index is -3.93. The summed E-state index contributed by atoms with van der Waals surface area (Å²) in [6, 6.07) is 8.66. The summed E-state index contributed by atoms with van der Waals surface area (Å²) in [5, 5.41) is 5.31. The predicted molar refractivity (Wildman–Crippen MR) is 110 cm³/mol. The van der Waals surface area contributed by atoms with E-state index in [-0.39, 0.29) is 44.9 Å². The lowest BCUT2D eigenvalue weighted by Crippen LogP contribution is -2.34. The lowest BCUT2D eigenvalue weighted by molar-refractivity contribution is -0.114. The zero-order valence-corrected chi connectivity index (χ0v) is 17.6. The van der Waals surface area contributed by atoms with Crippen molar-refractivity contribution in [3.05, 3.63) is 57.0 Å². The lowest BCUT2D eigenvalue weighted by atomic mass is 10.2. The van der Waals surface area contributed by atoms with Gasteiger partial charge < -0.3 is 10.6 Å². The molecule has 0 aliphatic carbocycles. The van der Waals surface area contributed by atoms with Crippen LogP contribution in [0.5, 0.6) is 0 Å². The third-order valence-electron chi connectivity index (χ3n) is 3.43. The van der Waals surface area contributed by atoms with E-state index < -0.39 is 10.0 Å². The summed E-state index contributed by atoms with van der Waals surface area (Å²) in [6.45, 7) is 1.37. The summed E-state index contributed by atoms with van der Waals surface area (Å²) in [6.07, 6.45) is 0. The van der Waals surface area contributed by atoms with Crippen molar-refractivity contribution < 1.29 is 18.0 Å². The van der Waals surface area contributed by atoms with Gasteiger partial charge in [-0.25, -0.2) is 13.1 Å². The van der Waals surface area contributed by atoms with Gasteiger partial charge in [-0.2, -0.15) is 0 Å². The van der Waals surface area contributed by atoms with Crippen molar-refractivity contribution in [3.8, 4) is 0 Å². The summed E-state index contributed by atoms with van der Waals surface area (Å²) in [5.41, 5.74) is 0.930. The molecule has 0 atom stereocenters. The first-order valence-corrected chi connectivity index (χ1v) is 10.5. The maximum atomic E-state index is 12.3. The molecule has 11 heteroatoms. The fourth-order valence-corrected chi connectivity index (χ4v) is 4.19. The van der Waals surface area contributed by atoms with E-state index in [0.717, 1.165) is 6.07 Å². The molecule has 3 N–H and O–H groups in total. The van der Waals surface area contributed by atoms with Crippen LogP contribution < -0.4 is 15.4 Å². The highest BCUT2D eigenvalue weighted by atomic mass is 35.5. The Labute approximate surface area is 177 Å². The van der Waals surface area contributed by atoms with Gasteiger partial charge in [0.05, 0.1) is 15.1 Å². The summed E-state index contributed by atoms with van der Waals surface area (Å²) in [5.74, 6) is -0.604.